The monoisotopic (exact) mass is 216 g/mol. The molecule has 0 aromatic carbocycles. The van der Waals surface area contributed by atoms with Gasteiger partial charge in [0, 0.05) is 13.1 Å². The van der Waals surface area contributed by atoms with E-state index in [1.54, 1.807) is 0 Å². The first-order chi connectivity index (χ1) is 6.93. The van der Waals surface area contributed by atoms with Crippen LogP contribution in [0.3, 0.4) is 0 Å². The Balaban J connectivity index is 3.79. The summed E-state index contributed by atoms with van der Waals surface area (Å²) in [5.74, 6) is 0.387. The third kappa shape index (κ3) is 6.47. The number of ether oxygens (including phenoxy) is 1. The van der Waals surface area contributed by atoms with Crippen LogP contribution in [0.2, 0.25) is 0 Å². The van der Waals surface area contributed by atoms with Gasteiger partial charge in [-0.1, -0.05) is 20.8 Å². The van der Waals surface area contributed by atoms with Crippen LogP contribution in [0.25, 0.3) is 0 Å². The molecule has 1 amide bonds. The summed E-state index contributed by atoms with van der Waals surface area (Å²) in [6.07, 6.45) is 0.807. The molecule has 0 spiro atoms. The van der Waals surface area contributed by atoms with Crippen LogP contribution >= 0.6 is 0 Å². The van der Waals surface area contributed by atoms with Gasteiger partial charge in [0.15, 0.2) is 0 Å². The Bertz CT molecular complexity index is 189. The van der Waals surface area contributed by atoms with E-state index in [1.165, 1.54) is 0 Å². The molecule has 0 aliphatic rings. The molecule has 0 aliphatic carbocycles. The first-order valence-corrected chi connectivity index (χ1v) is 5.54. The van der Waals surface area contributed by atoms with Crippen molar-refractivity contribution >= 4 is 5.91 Å². The number of hydrogen-bond donors (Lipinski definition) is 2. The maximum absolute atomic E-state index is 11.3. The number of hydrogen-bond acceptors (Lipinski definition) is 3. The second kappa shape index (κ2) is 6.80. The molecule has 4 heteroatoms. The topological polar surface area (TPSA) is 64.3 Å². The Morgan fingerprint density at radius 1 is 1.53 bits per heavy atom. The fourth-order valence-corrected chi connectivity index (χ4v) is 0.914. The van der Waals surface area contributed by atoms with Crippen LogP contribution in [0, 0.1) is 5.92 Å². The molecular weight excluding hydrogens is 192 g/mol. The number of nitrogens with two attached hydrogens (primary N) is 1. The van der Waals surface area contributed by atoms with E-state index in [2.05, 4.69) is 19.2 Å². The summed E-state index contributed by atoms with van der Waals surface area (Å²) in [7, 11) is 0. The average Bonchev–Trinajstić information content (AvgIpc) is 2.23. The molecule has 0 saturated carbocycles. The van der Waals surface area contributed by atoms with Crippen LogP contribution in [-0.2, 0) is 9.53 Å². The molecule has 15 heavy (non-hydrogen) atoms. The quantitative estimate of drug-likeness (QED) is 0.664. The molecule has 4 nitrogen and oxygen atoms in total. The van der Waals surface area contributed by atoms with Gasteiger partial charge in [0.05, 0.1) is 5.60 Å². The number of nitrogens with one attached hydrogen (secondary N) is 1. The first-order valence-electron chi connectivity index (χ1n) is 5.54. The van der Waals surface area contributed by atoms with Crippen LogP contribution in [0.5, 0.6) is 0 Å². The number of carbonyl (C=O) groups excluding carboxylic acids is 1. The van der Waals surface area contributed by atoms with Crippen LogP contribution in [0.15, 0.2) is 0 Å². The molecule has 0 rings (SSSR count). The van der Waals surface area contributed by atoms with Gasteiger partial charge in [0.1, 0.15) is 6.61 Å². The Hall–Kier alpha value is -0.610. The second-order valence-corrected chi connectivity index (χ2v) is 4.49. The van der Waals surface area contributed by atoms with Gasteiger partial charge in [-0.25, -0.2) is 0 Å². The van der Waals surface area contributed by atoms with Crippen molar-refractivity contribution in [1.29, 1.82) is 0 Å². The molecule has 90 valence electrons. The molecule has 1 atom stereocenters. The lowest BCUT2D eigenvalue weighted by molar-refractivity contribution is -0.132. The van der Waals surface area contributed by atoms with Gasteiger partial charge in [-0.05, 0) is 19.3 Å². The van der Waals surface area contributed by atoms with Gasteiger partial charge in [-0.3, -0.25) is 4.79 Å². The highest BCUT2D eigenvalue weighted by atomic mass is 16.5. The summed E-state index contributed by atoms with van der Waals surface area (Å²) in [4.78, 5) is 11.3. The third-order valence-corrected chi connectivity index (χ3v) is 2.44. The van der Waals surface area contributed by atoms with E-state index in [4.69, 9.17) is 10.5 Å². The zero-order valence-electron chi connectivity index (χ0n) is 10.3. The summed E-state index contributed by atoms with van der Waals surface area (Å²) in [6.45, 7) is 9.23. The van der Waals surface area contributed by atoms with E-state index in [9.17, 15) is 4.79 Å². The van der Waals surface area contributed by atoms with Gasteiger partial charge in [-0.2, -0.15) is 0 Å². The van der Waals surface area contributed by atoms with Crippen molar-refractivity contribution in [2.24, 2.45) is 11.7 Å². The highest BCUT2D eigenvalue weighted by Gasteiger charge is 2.21. The fourth-order valence-electron chi connectivity index (χ4n) is 0.914. The molecule has 1 unspecified atom stereocenters. The summed E-state index contributed by atoms with van der Waals surface area (Å²) in [6, 6.07) is 0. The lowest BCUT2D eigenvalue weighted by atomic mass is 10.0. The van der Waals surface area contributed by atoms with E-state index in [1.807, 2.05) is 13.8 Å². The zero-order chi connectivity index (χ0) is 11.9. The van der Waals surface area contributed by atoms with E-state index < -0.39 is 0 Å². The maximum atomic E-state index is 11.3. The molecule has 0 bridgehead atoms. The van der Waals surface area contributed by atoms with Crippen LogP contribution in [0.4, 0.5) is 0 Å². The van der Waals surface area contributed by atoms with Crippen molar-refractivity contribution in [1.82, 2.24) is 5.32 Å². The molecule has 0 fully saturated rings. The number of amides is 1. The van der Waals surface area contributed by atoms with Crippen LogP contribution < -0.4 is 11.1 Å². The molecule has 3 N–H and O–H groups in total. The summed E-state index contributed by atoms with van der Waals surface area (Å²) in [5, 5.41) is 2.80. The second-order valence-electron chi connectivity index (χ2n) is 4.49. The Labute approximate surface area is 92.6 Å². The lowest BCUT2D eigenvalue weighted by Gasteiger charge is -2.26. The largest absolute Gasteiger partial charge is 0.364 e. The summed E-state index contributed by atoms with van der Waals surface area (Å²) in [5.41, 5.74) is 5.19. The van der Waals surface area contributed by atoms with E-state index in [0.29, 0.717) is 19.0 Å². The molecule has 0 heterocycles. The van der Waals surface area contributed by atoms with Crippen molar-refractivity contribution in [3.63, 3.8) is 0 Å². The maximum Gasteiger partial charge on any atom is 0.246 e. The third-order valence-electron chi connectivity index (χ3n) is 2.44. The SMILES string of the molecule is CCC(C)(CN)OCC(=O)NCC(C)C. The van der Waals surface area contributed by atoms with E-state index in [-0.39, 0.29) is 18.1 Å². The Morgan fingerprint density at radius 2 is 2.13 bits per heavy atom. The number of carbonyl (C=O) groups is 1. The molecule has 0 aromatic rings. The minimum absolute atomic E-state index is 0.0724. The molecule has 0 aromatic heterocycles. The molecular formula is C11H24N2O2. The van der Waals surface area contributed by atoms with Gasteiger partial charge in [-0.15, -0.1) is 0 Å². The number of rotatable bonds is 7. The van der Waals surface area contributed by atoms with Crippen molar-refractivity contribution in [2.75, 3.05) is 19.7 Å². The van der Waals surface area contributed by atoms with E-state index in [0.717, 1.165) is 6.42 Å². The molecule has 0 saturated heterocycles. The summed E-state index contributed by atoms with van der Waals surface area (Å²) >= 11 is 0. The molecule has 0 aliphatic heterocycles. The average molecular weight is 216 g/mol. The van der Waals surface area contributed by atoms with Gasteiger partial charge in [0.25, 0.3) is 0 Å². The van der Waals surface area contributed by atoms with E-state index >= 15 is 0 Å². The van der Waals surface area contributed by atoms with Crippen LogP contribution in [0.1, 0.15) is 34.1 Å². The molecule has 0 radical (unpaired) electrons. The van der Waals surface area contributed by atoms with Gasteiger partial charge < -0.3 is 15.8 Å². The van der Waals surface area contributed by atoms with Crippen molar-refractivity contribution in [3.05, 3.63) is 0 Å². The predicted molar refractivity (Wildman–Crippen MR) is 61.6 cm³/mol. The fraction of sp³-hybridized carbons (Fsp3) is 0.909. The lowest BCUT2D eigenvalue weighted by Crippen LogP contribution is -2.41. The van der Waals surface area contributed by atoms with Crippen molar-refractivity contribution in [3.8, 4) is 0 Å². The Kier molecular flexibility index (Phi) is 6.52. The smallest absolute Gasteiger partial charge is 0.246 e. The predicted octanol–water partition coefficient (Wildman–Crippen LogP) is 0.903. The normalized spacial score (nSPS) is 15.1. The zero-order valence-corrected chi connectivity index (χ0v) is 10.3. The minimum Gasteiger partial charge on any atom is -0.364 e. The first kappa shape index (κ1) is 14.4. The van der Waals surface area contributed by atoms with Gasteiger partial charge >= 0.3 is 0 Å². The highest BCUT2D eigenvalue weighted by Crippen LogP contribution is 2.12. The van der Waals surface area contributed by atoms with Crippen LogP contribution in [-0.4, -0.2) is 31.2 Å². The van der Waals surface area contributed by atoms with Gasteiger partial charge in [0.2, 0.25) is 5.91 Å². The highest BCUT2D eigenvalue weighted by molar-refractivity contribution is 5.77. The van der Waals surface area contributed by atoms with Crippen molar-refractivity contribution in [2.45, 2.75) is 39.7 Å². The summed E-state index contributed by atoms with van der Waals surface area (Å²) < 4.78 is 5.48. The Morgan fingerprint density at radius 3 is 2.53 bits per heavy atom. The minimum atomic E-state index is -0.380. The standard InChI is InChI=1S/C11H24N2O2/c1-5-11(4,8-12)15-7-10(14)13-6-9(2)3/h9H,5-8,12H2,1-4H3,(H,13,14). The van der Waals surface area contributed by atoms with Crippen molar-refractivity contribution < 1.29 is 9.53 Å².